The summed E-state index contributed by atoms with van der Waals surface area (Å²) in [6.45, 7) is 1.63. The van der Waals surface area contributed by atoms with Gasteiger partial charge in [0.25, 0.3) is 11.8 Å². The van der Waals surface area contributed by atoms with E-state index < -0.39 is 5.91 Å². The van der Waals surface area contributed by atoms with E-state index in [-0.39, 0.29) is 25.0 Å². The van der Waals surface area contributed by atoms with E-state index >= 15 is 0 Å². The number of aryl methyl sites for hydroxylation is 1. The highest BCUT2D eigenvalue weighted by atomic mass is 16.5. The van der Waals surface area contributed by atoms with Crippen molar-refractivity contribution < 1.29 is 19.1 Å². The maximum atomic E-state index is 12.8. The number of carbonyl (C=O) groups is 3. The number of nitrogens with zero attached hydrogens (tertiary/aromatic N) is 1. The summed E-state index contributed by atoms with van der Waals surface area (Å²) in [7, 11) is 0. The van der Waals surface area contributed by atoms with Crippen LogP contribution in [0, 0.1) is 6.92 Å². The first-order chi connectivity index (χ1) is 15.0. The summed E-state index contributed by atoms with van der Waals surface area (Å²) in [6, 6.07) is 21.2. The number of rotatable bonds is 5. The first-order valence-corrected chi connectivity index (χ1v) is 9.80. The normalized spacial score (nSPS) is 12.5. The van der Waals surface area contributed by atoms with Crippen molar-refractivity contribution in [3.63, 3.8) is 0 Å². The van der Waals surface area contributed by atoms with E-state index in [9.17, 15) is 14.4 Å². The molecule has 0 unspecified atom stereocenters. The second-order valence-corrected chi connectivity index (χ2v) is 7.15. The topological polar surface area (TPSA) is 87.7 Å². The van der Waals surface area contributed by atoms with Gasteiger partial charge >= 0.3 is 0 Å². The third-order valence-electron chi connectivity index (χ3n) is 4.83. The fraction of sp³-hybridized carbons (Fsp3) is 0.125. The van der Waals surface area contributed by atoms with Gasteiger partial charge in [0.2, 0.25) is 5.91 Å². The molecule has 1 aliphatic heterocycles. The molecule has 0 saturated carbocycles. The van der Waals surface area contributed by atoms with Gasteiger partial charge in [0, 0.05) is 5.69 Å². The van der Waals surface area contributed by atoms with Crippen LogP contribution in [0.2, 0.25) is 0 Å². The van der Waals surface area contributed by atoms with E-state index in [2.05, 4.69) is 10.6 Å². The number of para-hydroxylation sites is 3. The summed E-state index contributed by atoms with van der Waals surface area (Å²) >= 11 is 0. The van der Waals surface area contributed by atoms with E-state index in [1.807, 2.05) is 25.1 Å². The standard InChI is InChI=1S/C24H21N3O4/c1-16-7-6-8-17(13-16)25-24(30)18-9-2-3-10-19(18)26-22(28)14-27-20-11-4-5-12-21(20)31-15-23(27)29/h2-13H,14-15H2,1H3,(H,25,30)(H,26,28). The molecule has 0 aliphatic carbocycles. The minimum absolute atomic E-state index is 0.125. The molecule has 7 heteroatoms. The molecule has 0 saturated heterocycles. The molecule has 31 heavy (non-hydrogen) atoms. The van der Waals surface area contributed by atoms with Gasteiger partial charge < -0.3 is 15.4 Å². The molecule has 1 aliphatic rings. The Morgan fingerprint density at radius 1 is 0.968 bits per heavy atom. The summed E-state index contributed by atoms with van der Waals surface area (Å²) in [5.74, 6) is -0.512. The minimum atomic E-state index is -0.416. The van der Waals surface area contributed by atoms with Gasteiger partial charge in [0.05, 0.1) is 16.9 Å². The van der Waals surface area contributed by atoms with Crippen molar-refractivity contribution in [3.05, 3.63) is 83.9 Å². The quantitative estimate of drug-likeness (QED) is 0.666. The highest BCUT2D eigenvalue weighted by molar-refractivity contribution is 6.11. The first kappa shape index (κ1) is 20.2. The van der Waals surface area contributed by atoms with Crippen LogP contribution in [0.4, 0.5) is 17.1 Å². The lowest BCUT2D eigenvalue weighted by Gasteiger charge is -2.28. The van der Waals surface area contributed by atoms with Crippen LogP contribution < -0.4 is 20.3 Å². The summed E-state index contributed by atoms with van der Waals surface area (Å²) < 4.78 is 5.41. The minimum Gasteiger partial charge on any atom is -0.482 e. The van der Waals surface area contributed by atoms with Gasteiger partial charge in [-0.25, -0.2) is 0 Å². The molecule has 156 valence electrons. The zero-order chi connectivity index (χ0) is 21.8. The van der Waals surface area contributed by atoms with Crippen molar-refractivity contribution in [1.29, 1.82) is 0 Å². The number of carbonyl (C=O) groups excluding carboxylic acids is 3. The molecule has 0 aromatic heterocycles. The summed E-state index contributed by atoms with van der Waals surface area (Å²) in [4.78, 5) is 39.2. The van der Waals surface area contributed by atoms with Crippen LogP contribution >= 0.6 is 0 Å². The lowest BCUT2D eigenvalue weighted by Crippen LogP contribution is -2.43. The van der Waals surface area contributed by atoms with Gasteiger partial charge in [0.15, 0.2) is 6.61 Å². The van der Waals surface area contributed by atoms with Gasteiger partial charge in [-0.2, -0.15) is 0 Å². The average molecular weight is 415 g/mol. The second-order valence-electron chi connectivity index (χ2n) is 7.15. The highest BCUT2D eigenvalue weighted by Gasteiger charge is 2.27. The zero-order valence-electron chi connectivity index (χ0n) is 16.9. The number of anilines is 3. The molecular weight excluding hydrogens is 394 g/mol. The third kappa shape index (κ3) is 4.56. The average Bonchev–Trinajstić information content (AvgIpc) is 2.76. The fourth-order valence-electron chi connectivity index (χ4n) is 3.37. The maximum absolute atomic E-state index is 12.8. The van der Waals surface area contributed by atoms with Crippen molar-refractivity contribution in [2.24, 2.45) is 0 Å². The maximum Gasteiger partial charge on any atom is 0.265 e. The molecule has 7 nitrogen and oxygen atoms in total. The van der Waals surface area contributed by atoms with Crippen LogP contribution in [0.15, 0.2) is 72.8 Å². The van der Waals surface area contributed by atoms with Crippen molar-refractivity contribution in [2.75, 3.05) is 28.7 Å². The Labute approximate surface area is 179 Å². The van der Waals surface area contributed by atoms with Gasteiger partial charge in [-0.05, 0) is 48.9 Å². The number of nitrogens with one attached hydrogen (secondary N) is 2. The van der Waals surface area contributed by atoms with Gasteiger partial charge in [-0.15, -0.1) is 0 Å². The van der Waals surface area contributed by atoms with E-state index in [0.29, 0.717) is 28.4 Å². The molecule has 2 N–H and O–H groups in total. The van der Waals surface area contributed by atoms with Crippen molar-refractivity contribution in [3.8, 4) is 5.75 Å². The number of ether oxygens (including phenoxy) is 1. The molecule has 4 rings (SSSR count). The fourth-order valence-corrected chi connectivity index (χ4v) is 3.37. The molecule has 0 fully saturated rings. The van der Waals surface area contributed by atoms with Crippen molar-refractivity contribution in [1.82, 2.24) is 0 Å². The number of amides is 3. The van der Waals surface area contributed by atoms with E-state index in [1.165, 1.54) is 4.90 Å². The molecule has 0 radical (unpaired) electrons. The Bertz CT molecular complexity index is 1160. The van der Waals surface area contributed by atoms with E-state index in [1.54, 1.807) is 54.6 Å². The van der Waals surface area contributed by atoms with Gasteiger partial charge in [0.1, 0.15) is 12.3 Å². The number of fused-ring (bicyclic) bond motifs is 1. The summed E-state index contributed by atoms with van der Waals surface area (Å²) in [6.07, 6.45) is 0. The zero-order valence-corrected chi connectivity index (χ0v) is 16.9. The van der Waals surface area contributed by atoms with E-state index in [4.69, 9.17) is 4.74 Å². The van der Waals surface area contributed by atoms with Crippen LogP contribution in [-0.2, 0) is 9.59 Å². The molecule has 3 amide bonds. The predicted octanol–water partition coefficient (Wildman–Crippen LogP) is 3.61. The largest absolute Gasteiger partial charge is 0.482 e. The summed E-state index contributed by atoms with van der Waals surface area (Å²) in [5, 5.41) is 5.60. The Morgan fingerprint density at radius 2 is 1.74 bits per heavy atom. The van der Waals surface area contributed by atoms with Gasteiger partial charge in [-0.3, -0.25) is 19.3 Å². The molecular formula is C24H21N3O4. The number of hydrogen-bond donors (Lipinski definition) is 2. The van der Waals surface area contributed by atoms with Crippen molar-refractivity contribution in [2.45, 2.75) is 6.92 Å². The van der Waals surface area contributed by atoms with E-state index in [0.717, 1.165) is 5.56 Å². The van der Waals surface area contributed by atoms with Crippen LogP contribution in [-0.4, -0.2) is 30.9 Å². The lowest BCUT2D eigenvalue weighted by molar-refractivity contribution is -0.123. The monoisotopic (exact) mass is 415 g/mol. The lowest BCUT2D eigenvalue weighted by atomic mass is 10.1. The second kappa shape index (κ2) is 8.71. The molecule has 0 spiro atoms. The third-order valence-corrected chi connectivity index (χ3v) is 4.83. The van der Waals surface area contributed by atoms with Crippen LogP contribution in [0.5, 0.6) is 5.75 Å². The Balaban J connectivity index is 1.49. The van der Waals surface area contributed by atoms with Gasteiger partial charge in [-0.1, -0.05) is 36.4 Å². The highest BCUT2D eigenvalue weighted by Crippen LogP contribution is 2.31. The van der Waals surface area contributed by atoms with Crippen LogP contribution in [0.3, 0.4) is 0 Å². The first-order valence-electron chi connectivity index (χ1n) is 9.80. The number of hydrogen-bond acceptors (Lipinski definition) is 4. The molecule has 3 aromatic rings. The molecule has 3 aromatic carbocycles. The summed E-state index contributed by atoms with van der Waals surface area (Å²) in [5.41, 5.74) is 2.92. The Kier molecular flexibility index (Phi) is 5.66. The molecule has 0 bridgehead atoms. The van der Waals surface area contributed by atoms with Crippen LogP contribution in [0.25, 0.3) is 0 Å². The predicted molar refractivity (Wildman–Crippen MR) is 118 cm³/mol. The smallest absolute Gasteiger partial charge is 0.265 e. The Hall–Kier alpha value is -4.13. The Morgan fingerprint density at radius 3 is 2.58 bits per heavy atom. The molecule has 0 atom stereocenters. The molecule has 1 heterocycles. The number of benzene rings is 3. The SMILES string of the molecule is Cc1cccc(NC(=O)c2ccccc2NC(=O)CN2C(=O)COc3ccccc32)c1. The van der Waals surface area contributed by atoms with Crippen molar-refractivity contribution >= 4 is 34.8 Å². The van der Waals surface area contributed by atoms with Crippen LogP contribution in [0.1, 0.15) is 15.9 Å².